The lowest BCUT2D eigenvalue weighted by molar-refractivity contribution is -0.122. The standard InChI is InChI=1S/C20H22ClNO4/c1-5-18(26-15-9-12(2)8-13(3)10-15)19(23)22-17-11-14(20(24)25-4)6-7-16(17)21/h6-11,18H,5H2,1-4H3,(H,22,23)/t18-/m1/s1. The number of benzene rings is 2. The van der Waals surface area contributed by atoms with Crippen LogP contribution in [0.4, 0.5) is 5.69 Å². The Hall–Kier alpha value is -2.53. The SMILES string of the molecule is CC[C@@H](Oc1cc(C)cc(C)c1)C(=O)Nc1cc(C(=O)OC)ccc1Cl. The number of rotatable bonds is 6. The summed E-state index contributed by atoms with van der Waals surface area (Å²) >= 11 is 6.13. The van der Waals surface area contributed by atoms with Gasteiger partial charge in [0.15, 0.2) is 6.10 Å². The Morgan fingerprint density at radius 2 is 1.77 bits per heavy atom. The van der Waals surface area contributed by atoms with E-state index in [2.05, 4.69) is 10.1 Å². The quantitative estimate of drug-likeness (QED) is 0.753. The van der Waals surface area contributed by atoms with Crippen LogP contribution in [0, 0.1) is 13.8 Å². The fourth-order valence-electron chi connectivity index (χ4n) is 2.57. The Morgan fingerprint density at radius 1 is 1.12 bits per heavy atom. The predicted molar refractivity (Wildman–Crippen MR) is 102 cm³/mol. The first-order valence-electron chi connectivity index (χ1n) is 8.27. The molecular weight excluding hydrogens is 354 g/mol. The fraction of sp³-hybridized carbons (Fsp3) is 0.300. The van der Waals surface area contributed by atoms with E-state index in [0.717, 1.165) is 11.1 Å². The van der Waals surface area contributed by atoms with Gasteiger partial charge in [0.2, 0.25) is 0 Å². The number of hydrogen-bond acceptors (Lipinski definition) is 4. The molecule has 6 heteroatoms. The van der Waals surface area contributed by atoms with Crippen molar-refractivity contribution >= 4 is 29.2 Å². The zero-order chi connectivity index (χ0) is 19.3. The number of amides is 1. The lowest BCUT2D eigenvalue weighted by atomic mass is 10.1. The first kappa shape index (κ1) is 19.8. The van der Waals surface area contributed by atoms with Crippen LogP contribution in [-0.4, -0.2) is 25.1 Å². The maximum absolute atomic E-state index is 12.6. The summed E-state index contributed by atoms with van der Waals surface area (Å²) < 4.78 is 10.5. The summed E-state index contributed by atoms with van der Waals surface area (Å²) in [5.74, 6) is -0.204. The molecule has 0 saturated heterocycles. The minimum Gasteiger partial charge on any atom is -0.481 e. The Labute approximate surface area is 158 Å². The van der Waals surface area contributed by atoms with E-state index in [9.17, 15) is 9.59 Å². The number of carbonyl (C=O) groups excluding carboxylic acids is 2. The van der Waals surface area contributed by atoms with Gasteiger partial charge in [-0.15, -0.1) is 0 Å². The van der Waals surface area contributed by atoms with Crippen LogP contribution in [0.25, 0.3) is 0 Å². The second-order valence-electron chi connectivity index (χ2n) is 6.01. The lowest BCUT2D eigenvalue weighted by Gasteiger charge is -2.18. The summed E-state index contributed by atoms with van der Waals surface area (Å²) in [6.07, 6.45) is -0.207. The molecule has 26 heavy (non-hydrogen) atoms. The van der Waals surface area contributed by atoms with Crippen LogP contribution < -0.4 is 10.1 Å². The summed E-state index contributed by atoms with van der Waals surface area (Å²) in [5, 5.41) is 3.05. The second kappa shape index (κ2) is 8.72. The van der Waals surface area contributed by atoms with E-state index in [0.29, 0.717) is 28.4 Å². The van der Waals surface area contributed by atoms with Crippen molar-refractivity contribution in [3.63, 3.8) is 0 Å². The second-order valence-corrected chi connectivity index (χ2v) is 6.42. The molecule has 1 amide bonds. The molecule has 2 aromatic carbocycles. The number of anilines is 1. The van der Waals surface area contributed by atoms with Gasteiger partial charge in [-0.05, 0) is 61.7 Å². The first-order valence-corrected chi connectivity index (χ1v) is 8.65. The highest BCUT2D eigenvalue weighted by atomic mass is 35.5. The van der Waals surface area contributed by atoms with Gasteiger partial charge in [0.1, 0.15) is 5.75 Å². The molecule has 2 rings (SSSR count). The zero-order valence-electron chi connectivity index (χ0n) is 15.3. The fourth-order valence-corrected chi connectivity index (χ4v) is 2.73. The normalized spacial score (nSPS) is 11.6. The Kier molecular flexibility index (Phi) is 6.64. The maximum Gasteiger partial charge on any atom is 0.337 e. The monoisotopic (exact) mass is 375 g/mol. The highest BCUT2D eigenvalue weighted by Crippen LogP contribution is 2.25. The third kappa shape index (κ3) is 4.99. The summed E-state index contributed by atoms with van der Waals surface area (Å²) in [6.45, 7) is 5.80. The molecule has 5 nitrogen and oxygen atoms in total. The van der Waals surface area contributed by atoms with Crippen molar-refractivity contribution in [2.75, 3.05) is 12.4 Å². The van der Waals surface area contributed by atoms with Crippen LogP contribution in [-0.2, 0) is 9.53 Å². The van der Waals surface area contributed by atoms with Crippen molar-refractivity contribution in [1.29, 1.82) is 0 Å². The molecule has 0 heterocycles. The van der Waals surface area contributed by atoms with Gasteiger partial charge in [0.25, 0.3) is 5.91 Å². The van der Waals surface area contributed by atoms with Crippen molar-refractivity contribution in [2.24, 2.45) is 0 Å². The van der Waals surface area contributed by atoms with Crippen LogP contribution in [0.1, 0.15) is 34.8 Å². The van der Waals surface area contributed by atoms with E-state index in [1.807, 2.05) is 39.0 Å². The molecule has 0 aliphatic rings. The molecule has 0 unspecified atom stereocenters. The minimum absolute atomic E-state index is 0.301. The summed E-state index contributed by atoms with van der Waals surface area (Å²) in [7, 11) is 1.29. The molecule has 0 aliphatic carbocycles. The third-order valence-corrected chi connectivity index (χ3v) is 4.11. The van der Waals surface area contributed by atoms with Crippen molar-refractivity contribution in [1.82, 2.24) is 0 Å². The average Bonchev–Trinajstić information content (AvgIpc) is 2.59. The predicted octanol–water partition coefficient (Wildman–Crippen LogP) is 4.54. The molecule has 1 atom stereocenters. The molecule has 0 fully saturated rings. The van der Waals surface area contributed by atoms with Gasteiger partial charge in [-0.2, -0.15) is 0 Å². The summed E-state index contributed by atoms with van der Waals surface area (Å²) in [4.78, 5) is 24.3. The summed E-state index contributed by atoms with van der Waals surface area (Å²) in [6, 6.07) is 10.4. The number of halogens is 1. The molecule has 0 saturated carbocycles. The van der Waals surface area contributed by atoms with Crippen molar-refractivity contribution < 1.29 is 19.1 Å². The van der Waals surface area contributed by atoms with E-state index >= 15 is 0 Å². The lowest BCUT2D eigenvalue weighted by Crippen LogP contribution is -2.32. The molecule has 0 radical (unpaired) electrons. The van der Waals surface area contributed by atoms with E-state index in [1.165, 1.54) is 25.3 Å². The van der Waals surface area contributed by atoms with Crippen LogP contribution in [0.5, 0.6) is 5.75 Å². The Balaban J connectivity index is 2.17. The van der Waals surface area contributed by atoms with Gasteiger partial charge in [0.05, 0.1) is 23.4 Å². The van der Waals surface area contributed by atoms with Gasteiger partial charge in [-0.1, -0.05) is 24.6 Å². The van der Waals surface area contributed by atoms with Gasteiger partial charge in [0, 0.05) is 0 Å². The van der Waals surface area contributed by atoms with Gasteiger partial charge < -0.3 is 14.8 Å². The number of carbonyl (C=O) groups is 2. The molecule has 0 bridgehead atoms. The molecule has 0 aromatic heterocycles. The largest absolute Gasteiger partial charge is 0.481 e. The van der Waals surface area contributed by atoms with Gasteiger partial charge >= 0.3 is 5.97 Å². The molecule has 0 aliphatic heterocycles. The topological polar surface area (TPSA) is 64.6 Å². The van der Waals surface area contributed by atoms with E-state index in [-0.39, 0.29) is 5.91 Å². The maximum atomic E-state index is 12.6. The van der Waals surface area contributed by atoms with Crippen LogP contribution in [0.3, 0.4) is 0 Å². The zero-order valence-corrected chi connectivity index (χ0v) is 16.0. The van der Waals surface area contributed by atoms with Gasteiger partial charge in [-0.3, -0.25) is 4.79 Å². The summed E-state index contributed by atoms with van der Waals surface area (Å²) in [5.41, 5.74) is 2.76. The van der Waals surface area contributed by atoms with E-state index in [4.69, 9.17) is 16.3 Å². The average molecular weight is 376 g/mol. The molecule has 2 aromatic rings. The smallest absolute Gasteiger partial charge is 0.337 e. The number of ether oxygens (including phenoxy) is 2. The Bertz CT molecular complexity index is 799. The minimum atomic E-state index is -0.686. The highest BCUT2D eigenvalue weighted by Gasteiger charge is 2.20. The first-order chi connectivity index (χ1) is 12.3. The number of esters is 1. The van der Waals surface area contributed by atoms with Crippen LogP contribution in [0.2, 0.25) is 5.02 Å². The number of hydrogen-bond donors (Lipinski definition) is 1. The van der Waals surface area contributed by atoms with Crippen molar-refractivity contribution in [2.45, 2.75) is 33.3 Å². The van der Waals surface area contributed by atoms with E-state index in [1.54, 1.807) is 0 Å². The van der Waals surface area contributed by atoms with E-state index < -0.39 is 12.1 Å². The molecular formula is C20H22ClNO4. The molecule has 1 N–H and O–H groups in total. The van der Waals surface area contributed by atoms with Crippen molar-refractivity contribution in [3.8, 4) is 5.75 Å². The van der Waals surface area contributed by atoms with Crippen LogP contribution >= 0.6 is 11.6 Å². The number of methoxy groups -OCH3 is 1. The highest BCUT2D eigenvalue weighted by molar-refractivity contribution is 6.33. The number of nitrogens with one attached hydrogen (secondary N) is 1. The third-order valence-electron chi connectivity index (χ3n) is 3.78. The number of aryl methyl sites for hydroxylation is 2. The van der Waals surface area contributed by atoms with Crippen molar-refractivity contribution in [3.05, 3.63) is 58.1 Å². The van der Waals surface area contributed by atoms with Crippen LogP contribution in [0.15, 0.2) is 36.4 Å². The van der Waals surface area contributed by atoms with Gasteiger partial charge in [-0.25, -0.2) is 4.79 Å². The molecule has 138 valence electrons. The molecule has 0 spiro atoms. The Morgan fingerprint density at radius 3 is 2.35 bits per heavy atom.